The van der Waals surface area contributed by atoms with Crippen molar-refractivity contribution in [3.8, 4) is 0 Å². The summed E-state index contributed by atoms with van der Waals surface area (Å²) in [5.74, 6) is -0.287. The molecule has 0 atom stereocenters. The first-order valence-electron chi connectivity index (χ1n) is 6.38. The van der Waals surface area contributed by atoms with E-state index >= 15 is 0 Å². The zero-order valence-electron chi connectivity index (χ0n) is 11.7. The van der Waals surface area contributed by atoms with Crippen molar-refractivity contribution in [1.82, 2.24) is 25.0 Å². The van der Waals surface area contributed by atoms with Crippen molar-refractivity contribution in [2.24, 2.45) is 7.05 Å². The van der Waals surface area contributed by atoms with Crippen molar-refractivity contribution in [3.05, 3.63) is 23.3 Å². The Hall–Kier alpha value is -2.51. The van der Waals surface area contributed by atoms with Crippen molar-refractivity contribution in [3.63, 3.8) is 0 Å². The highest BCUT2D eigenvalue weighted by atomic mass is 16.2. The van der Waals surface area contributed by atoms with E-state index in [0.717, 1.165) is 24.2 Å². The molecule has 1 amide bonds. The van der Waals surface area contributed by atoms with E-state index in [-0.39, 0.29) is 11.6 Å². The zero-order valence-corrected chi connectivity index (χ0v) is 11.7. The van der Waals surface area contributed by atoms with Gasteiger partial charge in [-0.05, 0) is 12.8 Å². The highest BCUT2D eigenvalue weighted by Gasteiger charge is 2.16. The molecular weight excluding hydrogens is 258 g/mol. The predicted molar refractivity (Wildman–Crippen MR) is 74.2 cm³/mol. The van der Waals surface area contributed by atoms with E-state index < -0.39 is 5.91 Å². The predicted octanol–water partition coefficient (Wildman–Crippen LogP) is 0.564. The van der Waals surface area contributed by atoms with Gasteiger partial charge in [0.1, 0.15) is 0 Å². The van der Waals surface area contributed by atoms with Crippen LogP contribution in [0.2, 0.25) is 0 Å². The fourth-order valence-corrected chi connectivity index (χ4v) is 1.84. The van der Waals surface area contributed by atoms with Crippen LogP contribution >= 0.6 is 0 Å². The molecule has 0 saturated heterocycles. The standard InChI is InChI=1S/C12H17N7O/c1-4-8-9(5-2)16-17-12(14-8)15-11(20)10-7(13)6-19(3)18-10/h6H,4-5,13H2,1-3H3,(H,14,15,17,20). The van der Waals surface area contributed by atoms with Crippen molar-refractivity contribution >= 4 is 17.5 Å². The minimum Gasteiger partial charge on any atom is -0.396 e. The summed E-state index contributed by atoms with van der Waals surface area (Å²) >= 11 is 0. The Bertz CT molecular complexity index is 635. The second-order valence-corrected chi connectivity index (χ2v) is 4.30. The van der Waals surface area contributed by atoms with Crippen LogP contribution in [0.5, 0.6) is 0 Å². The number of anilines is 2. The van der Waals surface area contributed by atoms with Gasteiger partial charge in [0.2, 0.25) is 5.95 Å². The highest BCUT2D eigenvalue weighted by Crippen LogP contribution is 2.11. The van der Waals surface area contributed by atoms with Crippen LogP contribution in [0.4, 0.5) is 11.6 Å². The average molecular weight is 275 g/mol. The first-order valence-corrected chi connectivity index (χ1v) is 6.38. The largest absolute Gasteiger partial charge is 0.396 e. The van der Waals surface area contributed by atoms with Crippen LogP contribution in [0.15, 0.2) is 6.20 Å². The number of nitrogens with zero attached hydrogens (tertiary/aromatic N) is 5. The first kappa shape index (κ1) is 13.9. The molecule has 106 valence electrons. The molecule has 8 nitrogen and oxygen atoms in total. The van der Waals surface area contributed by atoms with E-state index in [2.05, 4.69) is 25.6 Å². The molecule has 8 heteroatoms. The van der Waals surface area contributed by atoms with E-state index in [1.54, 1.807) is 13.2 Å². The minimum atomic E-state index is -0.448. The summed E-state index contributed by atoms with van der Waals surface area (Å²) in [6.45, 7) is 3.96. The van der Waals surface area contributed by atoms with Gasteiger partial charge in [0, 0.05) is 13.2 Å². The molecular formula is C12H17N7O. The lowest BCUT2D eigenvalue weighted by Gasteiger charge is -2.06. The number of amides is 1. The lowest BCUT2D eigenvalue weighted by molar-refractivity contribution is 0.102. The molecule has 3 N–H and O–H groups in total. The minimum absolute atomic E-state index is 0.147. The third-order valence-corrected chi connectivity index (χ3v) is 2.81. The Morgan fingerprint density at radius 1 is 1.30 bits per heavy atom. The van der Waals surface area contributed by atoms with Gasteiger partial charge < -0.3 is 5.73 Å². The number of hydrogen-bond acceptors (Lipinski definition) is 6. The van der Waals surface area contributed by atoms with Gasteiger partial charge in [-0.3, -0.25) is 14.8 Å². The fraction of sp³-hybridized carbons (Fsp3) is 0.417. The molecule has 0 fully saturated rings. The molecule has 0 spiro atoms. The van der Waals surface area contributed by atoms with E-state index in [0.29, 0.717) is 5.69 Å². The van der Waals surface area contributed by atoms with Crippen molar-refractivity contribution in [2.45, 2.75) is 26.7 Å². The van der Waals surface area contributed by atoms with Crippen molar-refractivity contribution in [2.75, 3.05) is 11.1 Å². The second-order valence-electron chi connectivity index (χ2n) is 4.30. The van der Waals surface area contributed by atoms with Gasteiger partial charge in [0.05, 0.1) is 17.1 Å². The van der Waals surface area contributed by atoms with Crippen LogP contribution in [0.3, 0.4) is 0 Å². The van der Waals surface area contributed by atoms with E-state index in [1.165, 1.54) is 4.68 Å². The number of nitrogens with one attached hydrogen (secondary N) is 1. The van der Waals surface area contributed by atoms with Crippen LogP contribution in [0.1, 0.15) is 35.7 Å². The van der Waals surface area contributed by atoms with Gasteiger partial charge in [0.15, 0.2) is 5.69 Å². The smallest absolute Gasteiger partial charge is 0.280 e. The Kier molecular flexibility index (Phi) is 3.92. The van der Waals surface area contributed by atoms with E-state index in [9.17, 15) is 4.79 Å². The molecule has 0 aliphatic carbocycles. The molecule has 2 aromatic rings. The molecule has 0 saturated carbocycles. The lowest BCUT2D eigenvalue weighted by atomic mass is 10.2. The van der Waals surface area contributed by atoms with Crippen molar-refractivity contribution < 1.29 is 4.79 Å². The maximum Gasteiger partial charge on any atom is 0.280 e. The number of aryl methyl sites for hydroxylation is 3. The Morgan fingerprint density at radius 2 is 2.00 bits per heavy atom. The molecule has 20 heavy (non-hydrogen) atoms. The number of nitrogen functional groups attached to an aromatic ring is 1. The first-order chi connectivity index (χ1) is 9.55. The SMILES string of the molecule is CCc1nnc(NC(=O)c2nn(C)cc2N)nc1CC. The average Bonchev–Trinajstić information content (AvgIpc) is 2.77. The molecule has 0 aliphatic heterocycles. The van der Waals surface area contributed by atoms with Crippen LogP contribution in [0, 0.1) is 0 Å². The molecule has 0 radical (unpaired) electrons. The molecule has 2 rings (SSSR count). The third kappa shape index (κ3) is 2.73. The maximum atomic E-state index is 12.0. The third-order valence-electron chi connectivity index (χ3n) is 2.81. The molecule has 0 aromatic carbocycles. The van der Waals surface area contributed by atoms with Gasteiger partial charge in [-0.2, -0.15) is 5.10 Å². The van der Waals surface area contributed by atoms with Gasteiger partial charge in [-0.1, -0.05) is 13.8 Å². The maximum absolute atomic E-state index is 12.0. The number of hydrogen-bond donors (Lipinski definition) is 2. The van der Waals surface area contributed by atoms with E-state index in [1.807, 2.05) is 13.8 Å². The summed E-state index contributed by atoms with van der Waals surface area (Å²) < 4.78 is 1.47. The summed E-state index contributed by atoms with van der Waals surface area (Å²) in [4.78, 5) is 16.3. The van der Waals surface area contributed by atoms with E-state index in [4.69, 9.17) is 5.73 Å². The Labute approximate surface area is 116 Å². The summed E-state index contributed by atoms with van der Waals surface area (Å²) in [5.41, 5.74) is 7.81. The lowest BCUT2D eigenvalue weighted by Crippen LogP contribution is -2.18. The highest BCUT2D eigenvalue weighted by molar-refractivity contribution is 6.05. The molecule has 0 aliphatic rings. The summed E-state index contributed by atoms with van der Waals surface area (Å²) in [7, 11) is 1.69. The van der Waals surface area contributed by atoms with Crippen LogP contribution < -0.4 is 11.1 Å². The monoisotopic (exact) mass is 275 g/mol. The normalized spacial score (nSPS) is 10.6. The number of nitrogens with two attached hydrogens (primary N) is 1. The summed E-state index contributed by atoms with van der Waals surface area (Å²) in [6, 6.07) is 0. The van der Waals surface area contributed by atoms with Gasteiger partial charge in [-0.15, -0.1) is 10.2 Å². The summed E-state index contributed by atoms with van der Waals surface area (Å²) in [6.07, 6.45) is 3.05. The van der Waals surface area contributed by atoms with Crippen LogP contribution in [0.25, 0.3) is 0 Å². The Morgan fingerprint density at radius 3 is 2.55 bits per heavy atom. The van der Waals surface area contributed by atoms with Crippen molar-refractivity contribution in [1.29, 1.82) is 0 Å². The molecule has 0 unspecified atom stereocenters. The zero-order chi connectivity index (χ0) is 14.7. The fourth-order valence-electron chi connectivity index (χ4n) is 1.84. The molecule has 0 bridgehead atoms. The number of aromatic nitrogens is 5. The number of carbonyl (C=O) groups excluding carboxylic acids is 1. The van der Waals surface area contributed by atoms with Gasteiger partial charge >= 0.3 is 0 Å². The quantitative estimate of drug-likeness (QED) is 0.843. The molecule has 2 aromatic heterocycles. The summed E-state index contributed by atoms with van der Waals surface area (Å²) in [5, 5.41) is 14.5. The van der Waals surface area contributed by atoms with Crippen LogP contribution in [-0.2, 0) is 19.9 Å². The topological polar surface area (TPSA) is 112 Å². The molecule has 2 heterocycles. The van der Waals surface area contributed by atoms with Gasteiger partial charge in [0.25, 0.3) is 5.91 Å². The van der Waals surface area contributed by atoms with Gasteiger partial charge in [-0.25, -0.2) is 4.98 Å². The Balaban J connectivity index is 2.22. The second kappa shape index (κ2) is 5.64. The van der Waals surface area contributed by atoms with Crippen LogP contribution in [-0.4, -0.2) is 30.9 Å². The number of carbonyl (C=O) groups is 1. The number of rotatable bonds is 4.